The van der Waals surface area contributed by atoms with Crippen LogP contribution in [0.5, 0.6) is 0 Å². The van der Waals surface area contributed by atoms with Crippen LogP contribution in [0, 0.1) is 18.8 Å². The second-order valence-corrected chi connectivity index (χ2v) is 4.72. The van der Waals surface area contributed by atoms with Crippen molar-refractivity contribution < 1.29 is 4.79 Å². The van der Waals surface area contributed by atoms with Crippen LogP contribution in [0.4, 0.5) is 0 Å². The Morgan fingerprint density at radius 2 is 2.11 bits per heavy atom. The maximum Gasteiger partial charge on any atom is 0.252 e. The predicted molar refractivity (Wildman–Crippen MR) is 77.9 cm³/mol. The van der Waals surface area contributed by atoms with E-state index in [1.54, 1.807) is 0 Å². The van der Waals surface area contributed by atoms with Crippen LogP contribution in [0.3, 0.4) is 0 Å². The minimum Gasteiger partial charge on any atom is -0.390 e. The van der Waals surface area contributed by atoms with Crippen molar-refractivity contribution in [1.29, 1.82) is 0 Å². The van der Waals surface area contributed by atoms with Crippen LogP contribution in [-0.4, -0.2) is 12.2 Å². The third-order valence-corrected chi connectivity index (χ3v) is 3.50. The van der Waals surface area contributed by atoms with Crippen molar-refractivity contribution in [2.75, 3.05) is 0 Å². The molecule has 0 fully saturated rings. The van der Waals surface area contributed by atoms with E-state index >= 15 is 0 Å². The van der Waals surface area contributed by atoms with Crippen LogP contribution in [0.1, 0.15) is 17.0 Å². The fourth-order valence-electron chi connectivity index (χ4n) is 2.45. The zero-order chi connectivity index (χ0) is 13.8. The molecule has 1 aliphatic carbocycles. The average molecular weight is 254 g/mol. The molecule has 98 valence electrons. The quantitative estimate of drug-likeness (QED) is 0.499. The summed E-state index contributed by atoms with van der Waals surface area (Å²) in [4.78, 5) is 15.9. The molecule has 0 radical (unpaired) electrons. The molecule has 2 rings (SSSR count). The van der Waals surface area contributed by atoms with E-state index in [4.69, 9.17) is 5.73 Å². The Hall–Kier alpha value is -2.16. The summed E-state index contributed by atoms with van der Waals surface area (Å²) in [7, 11) is 0. The maximum absolute atomic E-state index is 12.1. The molecule has 0 heterocycles. The number of rotatable bonds is 5. The van der Waals surface area contributed by atoms with Crippen LogP contribution in [0.25, 0.3) is 0 Å². The van der Waals surface area contributed by atoms with E-state index in [0.29, 0.717) is 0 Å². The van der Waals surface area contributed by atoms with Gasteiger partial charge in [-0.1, -0.05) is 42.5 Å². The largest absolute Gasteiger partial charge is 0.390 e. The fourth-order valence-corrected chi connectivity index (χ4v) is 2.45. The zero-order valence-corrected chi connectivity index (χ0v) is 11.0. The Morgan fingerprint density at radius 3 is 2.63 bits per heavy atom. The van der Waals surface area contributed by atoms with Gasteiger partial charge in [-0.15, -0.1) is 6.58 Å². The van der Waals surface area contributed by atoms with E-state index in [0.717, 1.165) is 17.5 Å². The zero-order valence-electron chi connectivity index (χ0n) is 11.0. The van der Waals surface area contributed by atoms with Crippen molar-refractivity contribution in [2.24, 2.45) is 22.6 Å². The lowest BCUT2D eigenvalue weighted by Crippen LogP contribution is -2.23. The monoisotopic (exact) mass is 254 g/mol. The highest BCUT2D eigenvalue weighted by Gasteiger charge is 2.36. The van der Waals surface area contributed by atoms with Crippen LogP contribution in [0.2, 0.25) is 0 Å². The Balaban J connectivity index is 2.35. The Kier molecular flexibility index (Phi) is 3.95. The number of hydrogen-bond acceptors (Lipinski definition) is 1. The van der Waals surface area contributed by atoms with Gasteiger partial charge in [0.2, 0.25) is 0 Å². The predicted octanol–water partition coefficient (Wildman–Crippen LogP) is 2.58. The third kappa shape index (κ3) is 2.81. The van der Waals surface area contributed by atoms with Crippen molar-refractivity contribution in [3.63, 3.8) is 0 Å². The van der Waals surface area contributed by atoms with Gasteiger partial charge < -0.3 is 5.73 Å². The molecule has 1 aromatic rings. The normalized spacial score (nSPS) is 17.3. The van der Waals surface area contributed by atoms with E-state index in [2.05, 4.69) is 11.6 Å². The number of carbonyl (C=O) groups excluding carboxylic acids is 1. The molecular formula is C16H18N2O. The molecule has 0 aliphatic heterocycles. The first kappa shape index (κ1) is 13.3. The summed E-state index contributed by atoms with van der Waals surface area (Å²) in [5.41, 5.74) is 7.52. The van der Waals surface area contributed by atoms with Crippen LogP contribution < -0.4 is 5.73 Å². The number of benzene rings is 1. The van der Waals surface area contributed by atoms with E-state index in [-0.39, 0.29) is 23.7 Å². The molecule has 0 aromatic heterocycles. The van der Waals surface area contributed by atoms with Gasteiger partial charge >= 0.3 is 0 Å². The third-order valence-electron chi connectivity index (χ3n) is 3.50. The lowest BCUT2D eigenvalue weighted by molar-refractivity contribution is -0.122. The molecule has 1 unspecified atom stereocenters. The summed E-state index contributed by atoms with van der Waals surface area (Å²) in [5, 5.41) is 0. The molecule has 2 atom stereocenters. The highest BCUT2D eigenvalue weighted by atomic mass is 16.1. The van der Waals surface area contributed by atoms with Gasteiger partial charge in [-0.2, -0.15) is 0 Å². The SMILES string of the molecule is C=C[C@H](c1ccccc1C)C(C(=O)N=CN)C1C=C1. The van der Waals surface area contributed by atoms with Crippen molar-refractivity contribution in [1.82, 2.24) is 0 Å². The van der Waals surface area contributed by atoms with Gasteiger partial charge in [0.1, 0.15) is 0 Å². The molecule has 0 saturated carbocycles. The van der Waals surface area contributed by atoms with E-state index in [1.807, 2.05) is 49.4 Å². The molecule has 3 nitrogen and oxygen atoms in total. The van der Waals surface area contributed by atoms with Crippen molar-refractivity contribution in [3.8, 4) is 0 Å². The molecule has 0 spiro atoms. The number of aliphatic imine (C=N–C) groups is 1. The molecular weight excluding hydrogens is 236 g/mol. The number of aryl methyl sites for hydroxylation is 1. The van der Waals surface area contributed by atoms with Crippen LogP contribution in [-0.2, 0) is 4.79 Å². The molecule has 3 heteroatoms. The number of hydrogen-bond donors (Lipinski definition) is 1. The first-order valence-corrected chi connectivity index (χ1v) is 6.33. The Bertz CT molecular complexity index is 539. The van der Waals surface area contributed by atoms with Gasteiger partial charge in [0.25, 0.3) is 5.91 Å². The molecule has 0 saturated heterocycles. The summed E-state index contributed by atoms with van der Waals surface area (Å²) >= 11 is 0. The van der Waals surface area contributed by atoms with E-state index in [9.17, 15) is 4.79 Å². The number of amides is 1. The van der Waals surface area contributed by atoms with Gasteiger partial charge in [0.15, 0.2) is 0 Å². The molecule has 2 N–H and O–H groups in total. The first-order valence-electron chi connectivity index (χ1n) is 6.33. The molecule has 1 amide bonds. The number of carbonyl (C=O) groups is 1. The average Bonchev–Trinajstić information content (AvgIpc) is 3.21. The molecule has 19 heavy (non-hydrogen) atoms. The highest BCUT2D eigenvalue weighted by molar-refractivity contribution is 5.88. The standard InChI is InChI=1S/C16H18N2O/c1-3-13(14-7-5-4-6-11(14)2)15(12-8-9-12)16(19)18-10-17/h3-10,12-13,15H,1H2,2H3,(H2,17,18,19)/t13-,15?/m1/s1. The molecule has 1 aliphatic rings. The summed E-state index contributed by atoms with van der Waals surface area (Å²) < 4.78 is 0. The van der Waals surface area contributed by atoms with Crippen molar-refractivity contribution in [3.05, 3.63) is 60.2 Å². The highest BCUT2D eigenvalue weighted by Crippen LogP contribution is 2.39. The van der Waals surface area contributed by atoms with Crippen molar-refractivity contribution >= 4 is 12.2 Å². The second-order valence-electron chi connectivity index (χ2n) is 4.72. The Labute approximate surface area is 113 Å². The summed E-state index contributed by atoms with van der Waals surface area (Å²) in [6.07, 6.45) is 6.93. The minimum absolute atomic E-state index is 0.0441. The minimum atomic E-state index is -0.238. The maximum atomic E-state index is 12.1. The summed E-state index contributed by atoms with van der Waals surface area (Å²) in [5.74, 6) is -0.305. The van der Waals surface area contributed by atoms with E-state index in [1.165, 1.54) is 0 Å². The van der Waals surface area contributed by atoms with E-state index < -0.39 is 0 Å². The van der Waals surface area contributed by atoms with Gasteiger partial charge in [-0.05, 0) is 18.1 Å². The lowest BCUT2D eigenvalue weighted by Gasteiger charge is -2.23. The topological polar surface area (TPSA) is 55.5 Å². The lowest BCUT2D eigenvalue weighted by atomic mass is 9.80. The number of nitrogens with two attached hydrogens (primary N) is 1. The van der Waals surface area contributed by atoms with Gasteiger partial charge in [-0.25, -0.2) is 4.99 Å². The van der Waals surface area contributed by atoms with Gasteiger partial charge in [0.05, 0.1) is 12.3 Å². The summed E-state index contributed by atoms with van der Waals surface area (Å²) in [6.45, 7) is 5.93. The second kappa shape index (κ2) is 5.65. The Morgan fingerprint density at radius 1 is 1.42 bits per heavy atom. The fraction of sp³-hybridized carbons (Fsp3) is 0.250. The molecule has 1 aromatic carbocycles. The summed E-state index contributed by atoms with van der Waals surface area (Å²) in [6, 6.07) is 8.05. The van der Waals surface area contributed by atoms with Crippen LogP contribution in [0.15, 0.2) is 54.1 Å². The smallest absolute Gasteiger partial charge is 0.252 e. The van der Waals surface area contributed by atoms with Crippen LogP contribution >= 0.6 is 0 Å². The van der Waals surface area contributed by atoms with Gasteiger partial charge in [0, 0.05) is 11.8 Å². The first-order chi connectivity index (χ1) is 9.19. The molecule has 0 bridgehead atoms. The number of nitrogens with zero attached hydrogens (tertiary/aromatic N) is 1. The van der Waals surface area contributed by atoms with Gasteiger partial charge in [-0.3, -0.25) is 4.79 Å². The van der Waals surface area contributed by atoms with Crippen molar-refractivity contribution in [2.45, 2.75) is 12.8 Å². The number of allylic oxidation sites excluding steroid dienone is 3.